The quantitative estimate of drug-likeness (QED) is 0.165. The zero-order valence-corrected chi connectivity index (χ0v) is 30.2. The first-order chi connectivity index (χ1) is 22.7. The normalized spacial score (nSPS) is 14.3. The van der Waals surface area contributed by atoms with Crippen molar-refractivity contribution in [2.75, 3.05) is 19.5 Å². The molecule has 1 atom stereocenters. The maximum atomic E-state index is 14.2. The summed E-state index contributed by atoms with van der Waals surface area (Å²) in [5.41, 5.74) is 3.81. The molecule has 0 fully saturated rings. The molecule has 47 heavy (non-hydrogen) atoms. The average Bonchev–Trinajstić information content (AvgIpc) is 3.37. The van der Waals surface area contributed by atoms with Crippen molar-refractivity contribution in [3.63, 3.8) is 0 Å². The van der Waals surface area contributed by atoms with Gasteiger partial charge in [-0.3, -0.25) is 14.2 Å². The molecule has 1 aromatic heterocycles. The van der Waals surface area contributed by atoms with Gasteiger partial charge in [0.15, 0.2) is 16.3 Å². The van der Waals surface area contributed by atoms with Crippen molar-refractivity contribution in [1.82, 2.24) is 4.57 Å². The lowest BCUT2D eigenvalue weighted by Crippen LogP contribution is -2.40. The first kappa shape index (κ1) is 32.7. The molecule has 5 aromatic rings. The number of thiazole rings is 1. The third kappa shape index (κ3) is 7.07. The summed E-state index contributed by atoms with van der Waals surface area (Å²) < 4.78 is 21.3. The van der Waals surface area contributed by atoms with Crippen LogP contribution < -0.4 is 34.4 Å². The Morgan fingerprint density at radius 3 is 2.51 bits per heavy atom. The molecule has 0 spiro atoms. The molecule has 238 valence electrons. The van der Waals surface area contributed by atoms with E-state index in [4.69, 9.17) is 19.2 Å². The molecule has 0 bridgehead atoms. The van der Waals surface area contributed by atoms with Gasteiger partial charge in [0, 0.05) is 10.2 Å². The molecule has 1 aliphatic heterocycles. The highest BCUT2D eigenvalue weighted by atomic mass is 127. The Hall–Kier alpha value is -4.20. The van der Waals surface area contributed by atoms with E-state index in [1.165, 1.54) is 11.3 Å². The highest BCUT2D eigenvalue weighted by Gasteiger charge is 2.33. The van der Waals surface area contributed by atoms with E-state index in [0.717, 1.165) is 24.7 Å². The Balaban J connectivity index is 1.41. The van der Waals surface area contributed by atoms with Gasteiger partial charge in [0.05, 0.1) is 39.6 Å². The second-order valence-corrected chi connectivity index (χ2v) is 13.7. The number of allylic oxidation sites excluding steroid dienone is 1. The van der Waals surface area contributed by atoms with Gasteiger partial charge < -0.3 is 19.5 Å². The second-order valence-electron chi connectivity index (χ2n) is 10.6. The molecule has 1 amide bonds. The number of halogens is 2. The number of amides is 1. The number of fused-ring (bicyclic) bond motifs is 1. The first-order valence-corrected chi connectivity index (χ1v) is 17.2. The Morgan fingerprint density at radius 2 is 1.79 bits per heavy atom. The number of aromatic nitrogens is 1. The van der Waals surface area contributed by atoms with Gasteiger partial charge in [0.25, 0.3) is 11.5 Å². The molecule has 0 saturated heterocycles. The summed E-state index contributed by atoms with van der Waals surface area (Å²) in [6.07, 6.45) is 1.82. The zero-order chi connectivity index (χ0) is 33.1. The SMILES string of the molecule is COc1cccc([C@@H]2C(C(=O)Nc3ccccc3)=C(C)N=c3s/c(=C\c4cc(I)c(OCc5ccc(Br)cc5)c(OC)c4)c(=O)n32)c1. The average molecular weight is 823 g/mol. The minimum absolute atomic E-state index is 0.261. The fourth-order valence-electron chi connectivity index (χ4n) is 5.31. The number of methoxy groups -OCH3 is 2. The number of ether oxygens (including phenoxy) is 3. The fraction of sp³-hybridized carbons (Fsp3) is 0.139. The van der Waals surface area contributed by atoms with Crippen molar-refractivity contribution in [1.29, 1.82) is 0 Å². The standard InChI is InChI=1S/C36H29BrIN3O5S/c1-21-31(34(42)40-26-9-5-4-6-10-26)32(24-8-7-11-27(19-24)44-2)41-35(43)30(47-36(41)39-21)18-23-16-28(38)33(29(17-23)45-3)46-20-22-12-14-25(37)15-13-22/h4-19,32H,20H2,1-3H3,(H,40,42)/b30-18-/t32-/m1/s1. The van der Waals surface area contributed by atoms with Crippen molar-refractivity contribution in [3.05, 3.63) is 147 Å². The molecular formula is C36H29BrIN3O5S. The van der Waals surface area contributed by atoms with Gasteiger partial charge in [0.2, 0.25) is 0 Å². The molecule has 0 radical (unpaired) electrons. The van der Waals surface area contributed by atoms with E-state index >= 15 is 0 Å². The molecule has 1 aliphatic rings. The van der Waals surface area contributed by atoms with Crippen LogP contribution in [0.25, 0.3) is 6.08 Å². The van der Waals surface area contributed by atoms with Crippen molar-refractivity contribution < 1.29 is 19.0 Å². The van der Waals surface area contributed by atoms with Crippen LogP contribution in [0.2, 0.25) is 0 Å². The van der Waals surface area contributed by atoms with Crippen molar-refractivity contribution in [2.24, 2.45) is 4.99 Å². The number of hydrogen-bond acceptors (Lipinski definition) is 7. The van der Waals surface area contributed by atoms with E-state index in [0.29, 0.717) is 50.1 Å². The third-order valence-corrected chi connectivity index (χ3v) is 9.87. The lowest BCUT2D eigenvalue weighted by Gasteiger charge is -2.25. The number of para-hydroxylation sites is 1. The smallest absolute Gasteiger partial charge is 0.271 e. The lowest BCUT2D eigenvalue weighted by atomic mass is 9.95. The first-order valence-electron chi connectivity index (χ1n) is 14.5. The highest BCUT2D eigenvalue weighted by Crippen LogP contribution is 2.35. The van der Waals surface area contributed by atoms with Crippen molar-refractivity contribution in [2.45, 2.75) is 19.6 Å². The fourth-order valence-corrected chi connectivity index (χ4v) is 7.40. The van der Waals surface area contributed by atoms with Gasteiger partial charge in [-0.05, 0) is 101 Å². The lowest BCUT2D eigenvalue weighted by molar-refractivity contribution is -0.113. The predicted molar refractivity (Wildman–Crippen MR) is 196 cm³/mol. The van der Waals surface area contributed by atoms with Crippen LogP contribution in [0.5, 0.6) is 17.2 Å². The molecule has 11 heteroatoms. The number of nitrogens with zero attached hydrogens (tertiary/aromatic N) is 2. The van der Waals surface area contributed by atoms with Gasteiger partial charge >= 0.3 is 0 Å². The molecule has 0 saturated carbocycles. The van der Waals surface area contributed by atoms with Gasteiger partial charge in [-0.2, -0.15) is 0 Å². The van der Waals surface area contributed by atoms with E-state index in [1.807, 2.05) is 97.1 Å². The Labute approximate surface area is 297 Å². The van der Waals surface area contributed by atoms with Crippen LogP contribution in [0, 0.1) is 3.57 Å². The summed E-state index contributed by atoms with van der Waals surface area (Å²) in [5, 5.41) is 2.98. The summed E-state index contributed by atoms with van der Waals surface area (Å²) in [4.78, 5) is 33.3. The Morgan fingerprint density at radius 1 is 1.02 bits per heavy atom. The van der Waals surface area contributed by atoms with E-state index in [2.05, 4.69) is 43.8 Å². The minimum atomic E-state index is -0.726. The van der Waals surface area contributed by atoms with Crippen LogP contribution >= 0.6 is 49.9 Å². The second kappa shape index (κ2) is 14.3. The Kier molecular flexibility index (Phi) is 9.95. The van der Waals surface area contributed by atoms with Gasteiger partial charge in [0.1, 0.15) is 12.4 Å². The van der Waals surface area contributed by atoms with Crippen molar-refractivity contribution in [3.8, 4) is 17.2 Å². The minimum Gasteiger partial charge on any atom is -0.497 e. The maximum absolute atomic E-state index is 14.2. The van der Waals surface area contributed by atoms with Crippen LogP contribution in [0.1, 0.15) is 29.7 Å². The molecule has 6 rings (SSSR count). The summed E-state index contributed by atoms with van der Waals surface area (Å²) in [6, 6.07) is 27.6. The number of rotatable bonds is 9. The van der Waals surface area contributed by atoms with Crippen LogP contribution in [0.4, 0.5) is 5.69 Å². The van der Waals surface area contributed by atoms with E-state index in [1.54, 1.807) is 25.7 Å². The Bertz CT molecular complexity index is 2180. The number of nitrogens with one attached hydrogen (secondary N) is 1. The highest BCUT2D eigenvalue weighted by molar-refractivity contribution is 14.1. The molecule has 1 N–H and O–H groups in total. The molecule has 0 unspecified atom stereocenters. The monoisotopic (exact) mass is 821 g/mol. The number of carbonyl (C=O) groups is 1. The number of carbonyl (C=O) groups excluding carboxylic acids is 1. The predicted octanol–water partition coefficient (Wildman–Crippen LogP) is 6.84. The number of anilines is 1. The number of benzene rings is 4. The topological polar surface area (TPSA) is 91.2 Å². The summed E-state index contributed by atoms with van der Waals surface area (Å²) >= 11 is 6.95. The summed E-state index contributed by atoms with van der Waals surface area (Å²) in [5.74, 6) is 1.46. The van der Waals surface area contributed by atoms with E-state index in [9.17, 15) is 9.59 Å². The zero-order valence-electron chi connectivity index (χ0n) is 25.6. The molecule has 8 nitrogen and oxygen atoms in total. The molecule has 2 heterocycles. The maximum Gasteiger partial charge on any atom is 0.271 e. The third-order valence-electron chi connectivity index (χ3n) is 7.55. The largest absolute Gasteiger partial charge is 0.497 e. The molecule has 0 aliphatic carbocycles. The van der Waals surface area contributed by atoms with E-state index in [-0.39, 0.29) is 11.5 Å². The molecular weight excluding hydrogens is 793 g/mol. The van der Waals surface area contributed by atoms with Gasteiger partial charge in [-0.15, -0.1) is 0 Å². The summed E-state index contributed by atoms with van der Waals surface area (Å²) in [6.45, 7) is 2.17. The van der Waals surface area contributed by atoms with Crippen LogP contribution in [-0.2, 0) is 11.4 Å². The van der Waals surface area contributed by atoms with E-state index < -0.39 is 6.04 Å². The number of hydrogen-bond donors (Lipinski definition) is 1. The van der Waals surface area contributed by atoms with Crippen LogP contribution in [0.3, 0.4) is 0 Å². The van der Waals surface area contributed by atoms with Gasteiger partial charge in [-0.25, -0.2) is 4.99 Å². The summed E-state index contributed by atoms with van der Waals surface area (Å²) in [7, 11) is 3.18. The van der Waals surface area contributed by atoms with Crippen molar-refractivity contribution >= 4 is 67.5 Å². The molecule has 4 aromatic carbocycles. The van der Waals surface area contributed by atoms with Crippen LogP contribution in [-0.4, -0.2) is 24.7 Å². The van der Waals surface area contributed by atoms with Gasteiger partial charge in [-0.1, -0.05) is 69.7 Å². The van der Waals surface area contributed by atoms with Crippen LogP contribution in [0.15, 0.2) is 117 Å².